The number of methoxy groups -OCH3 is 1. The van der Waals surface area contributed by atoms with Crippen molar-refractivity contribution in [2.24, 2.45) is 50.2 Å². The second kappa shape index (κ2) is 7.32. The maximum absolute atomic E-state index is 14.5. The van der Waals surface area contributed by atoms with Crippen molar-refractivity contribution in [1.29, 1.82) is 5.26 Å². The van der Waals surface area contributed by atoms with Crippen LogP contribution in [-0.2, 0) is 23.9 Å². The number of nitrogens with zero attached hydrogens (tertiary/aromatic N) is 1. The molecule has 5 aliphatic carbocycles. The summed E-state index contributed by atoms with van der Waals surface area (Å²) < 4.78 is 11.8. The van der Waals surface area contributed by atoms with Crippen LogP contribution in [0.25, 0.3) is 0 Å². The predicted octanol–water partition coefficient (Wildman–Crippen LogP) is 5.76. The van der Waals surface area contributed by atoms with Crippen LogP contribution in [0.15, 0.2) is 24.0 Å². The molecule has 6 rings (SSSR count). The Kier molecular flexibility index (Phi) is 5.06. The topological polar surface area (TPSA) is 96.8 Å². The molecule has 1 saturated heterocycles. The maximum atomic E-state index is 14.5. The van der Waals surface area contributed by atoms with Gasteiger partial charge in [-0.05, 0) is 60.8 Å². The van der Waals surface area contributed by atoms with E-state index < -0.39 is 33.4 Å². The van der Waals surface area contributed by atoms with Crippen LogP contribution in [0.3, 0.4) is 0 Å². The van der Waals surface area contributed by atoms with Crippen molar-refractivity contribution in [3.63, 3.8) is 0 Å². The lowest BCUT2D eigenvalue weighted by atomic mass is 9.33. The molecule has 0 unspecified atom stereocenters. The Hall–Kier alpha value is -2.26. The average Bonchev–Trinajstić information content (AvgIpc) is 3.62. The molecule has 1 heterocycles. The van der Waals surface area contributed by atoms with E-state index in [9.17, 15) is 19.6 Å². The first-order chi connectivity index (χ1) is 17.9. The first-order valence-electron chi connectivity index (χ1n) is 14.6. The molecule has 1 aliphatic heterocycles. The van der Waals surface area contributed by atoms with Gasteiger partial charge in [-0.25, -0.2) is 0 Å². The van der Waals surface area contributed by atoms with Gasteiger partial charge in [0.25, 0.3) is 0 Å². The van der Waals surface area contributed by atoms with Crippen LogP contribution in [-0.4, -0.2) is 36.2 Å². The van der Waals surface area contributed by atoms with Crippen molar-refractivity contribution < 1.29 is 23.9 Å². The van der Waals surface area contributed by atoms with Crippen molar-refractivity contribution in [1.82, 2.24) is 0 Å². The van der Waals surface area contributed by atoms with Gasteiger partial charge in [0, 0.05) is 34.0 Å². The summed E-state index contributed by atoms with van der Waals surface area (Å²) in [6, 6.07) is 2.24. The highest BCUT2D eigenvalue weighted by molar-refractivity contribution is 6.01. The van der Waals surface area contributed by atoms with Crippen LogP contribution >= 0.6 is 0 Å². The lowest BCUT2D eigenvalue weighted by Crippen LogP contribution is -2.67. The second-order valence-electron chi connectivity index (χ2n) is 15.5. The molecule has 6 nitrogen and oxygen atoms in total. The summed E-state index contributed by atoms with van der Waals surface area (Å²) in [5.41, 5.74) is -3.39. The third kappa shape index (κ3) is 2.75. The largest absolute Gasteiger partial charge is 0.501 e. The molecule has 0 N–H and O–H groups in total. The van der Waals surface area contributed by atoms with Crippen molar-refractivity contribution in [3.05, 3.63) is 24.0 Å². The zero-order valence-electron chi connectivity index (χ0n) is 24.8. The molecule has 0 amide bonds. The number of epoxide rings is 1. The van der Waals surface area contributed by atoms with E-state index in [4.69, 9.17) is 9.47 Å². The van der Waals surface area contributed by atoms with Crippen molar-refractivity contribution >= 4 is 17.3 Å². The molecule has 210 valence electrons. The molecule has 6 heteroatoms. The van der Waals surface area contributed by atoms with Crippen LogP contribution in [0.5, 0.6) is 0 Å². The van der Waals surface area contributed by atoms with Gasteiger partial charge in [-0.3, -0.25) is 14.4 Å². The van der Waals surface area contributed by atoms with Gasteiger partial charge < -0.3 is 9.47 Å². The zero-order chi connectivity index (χ0) is 28.8. The molecule has 0 radical (unpaired) electrons. The number of carbonyl (C=O) groups is 3. The Balaban J connectivity index is 1.53. The van der Waals surface area contributed by atoms with E-state index in [1.54, 1.807) is 7.11 Å². The molecular weight excluding hydrogens is 490 g/mol. The number of allylic oxidation sites excluding steroid dienone is 2. The molecule has 0 spiro atoms. The van der Waals surface area contributed by atoms with Gasteiger partial charge in [0.2, 0.25) is 5.60 Å². The monoisotopic (exact) mass is 533 g/mol. The summed E-state index contributed by atoms with van der Waals surface area (Å²) in [5.74, 6) is 0.498. The number of fused-ring (bicyclic) bond motifs is 9. The fourth-order valence-electron chi connectivity index (χ4n) is 11.0. The lowest BCUT2D eigenvalue weighted by Gasteiger charge is -2.69. The second-order valence-corrected chi connectivity index (χ2v) is 15.5. The van der Waals surface area contributed by atoms with Crippen LogP contribution in [0, 0.1) is 61.6 Å². The van der Waals surface area contributed by atoms with E-state index >= 15 is 0 Å². The highest BCUT2D eigenvalue weighted by Crippen LogP contribution is 2.78. The number of hydrogen-bond donors (Lipinski definition) is 0. The first-order valence-corrected chi connectivity index (χ1v) is 14.6. The lowest BCUT2D eigenvalue weighted by molar-refractivity contribution is -0.177. The van der Waals surface area contributed by atoms with Crippen LogP contribution in [0.1, 0.15) is 87.0 Å². The minimum absolute atomic E-state index is 0.0130. The number of ketones is 3. The molecule has 9 atom stereocenters. The number of hydrogen-bond acceptors (Lipinski definition) is 6. The fourth-order valence-corrected chi connectivity index (χ4v) is 11.0. The third-order valence-corrected chi connectivity index (χ3v) is 13.5. The molecule has 5 fully saturated rings. The Labute approximate surface area is 232 Å². The number of rotatable bonds is 2. The van der Waals surface area contributed by atoms with E-state index in [0.29, 0.717) is 18.6 Å². The molecule has 4 saturated carbocycles. The van der Waals surface area contributed by atoms with Gasteiger partial charge in [0.1, 0.15) is 18.0 Å². The summed E-state index contributed by atoms with van der Waals surface area (Å²) in [4.78, 5) is 41.4. The summed E-state index contributed by atoms with van der Waals surface area (Å²) in [5, 5.41) is 10.1. The predicted molar refractivity (Wildman–Crippen MR) is 145 cm³/mol. The fraction of sp³-hybridized carbons (Fsp3) is 0.758. The Morgan fingerprint density at radius 2 is 1.74 bits per heavy atom. The van der Waals surface area contributed by atoms with Gasteiger partial charge in [0.05, 0.1) is 12.9 Å². The summed E-state index contributed by atoms with van der Waals surface area (Å²) in [6.45, 7) is 19.0. The molecule has 0 aromatic heterocycles. The molecule has 0 bridgehead atoms. The van der Waals surface area contributed by atoms with E-state index in [1.165, 1.54) is 0 Å². The smallest absolute Gasteiger partial charge is 0.240 e. The zero-order valence-corrected chi connectivity index (χ0v) is 24.8. The normalized spacial score (nSPS) is 50.6. The SMILES string of the molecule is C=C(OC)[C@@]12CC[C@]3(C)[C@H](C(=O)C=C4[C@@]5(C)[C@H]6O[C@@]6(C#N)C(=O)C(C)(C)[C@@H]5CC[C@]43C)[C@@H]1CC(C)(C)C(=O)C2. The Bertz CT molecular complexity index is 1320. The van der Waals surface area contributed by atoms with E-state index in [1.807, 2.05) is 33.8 Å². The van der Waals surface area contributed by atoms with Crippen LogP contribution in [0.2, 0.25) is 0 Å². The standard InChI is InChI=1S/C33H43NO5/c1-18(38-9)32-13-12-30(7)24(19(32)15-27(2,3)23(36)16-32)20(35)14-22-29(30,6)11-10-21-28(4,5)25(37)33(17-34)26(39-33)31(21,22)8/h14,19,21,24,26H,1,10-13,15-16H2,2-9H3/t19-,21-,24-,26+,29+,30+,31-,32-,33-/m0/s1. The number of carbonyl (C=O) groups excluding carboxylic acids is 3. The number of nitriles is 1. The van der Waals surface area contributed by atoms with Gasteiger partial charge in [-0.2, -0.15) is 5.26 Å². The van der Waals surface area contributed by atoms with Crippen LogP contribution in [0.4, 0.5) is 0 Å². The maximum Gasteiger partial charge on any atom is 0.240 e. The van der Waals surface area contributed by atoms with Gasteiger partial charge in [-0.15, -0.1) is 0 Å². The number of Topliss-reactive ketones (excluding diaryl/α,β-unsaturated/α-hetero) is 2. The molecule has 0 aromatic carbocycles. The highest BCUT2D eigenvalue weighted by atomic mass is 16.6. The third-order valence-electron chi connectivity index (χ3n) is 13.5. The summed E-state index contributed by atoms with van der Waals surface area (Å²) in [7, 11) is 1.62. The average molecular weight is 534 g/mol. The minimum Gasteiger partial charge on any atom is -0.501 e. The Morgan fingerprint density at radius 1 is 1.08 bits per heavy atom. The summed E-state index contributed by atoms with van der Waals surface area (Å²) >= 11 is 0. The summed E-state index contributed by atoms with van der Waals surface area (Å²) in [6.07, 6.45) is 5.60. The molecular formula is C33H43NO5. The minimum atomic E-state index is -1.42. The first kappa shape index (κ1) is 26.9. The van der Waals surface area contributed by atoms with Crippen molar-refractivity contribution in [2.45, 2.75) is 98.7 Å². The van der Waals surface area contributed by atoms with E-state index in [-0.39, 0.29) is 45.9 Å². The van der Waals surface area contributed by atoms with Gasteiger partial charge in [0.15, 0.2) is 11.6 Å². The number of ether oxygens (including phenoxy) is 2. The molecule has 0 aromatic rings. The molecule has 39 heavy (non-hydrogen) atoms. The van der Waals surface area contributed by atoms with E-state index in [0.717, 1.165) is 31.3 Å². The highest BCUT2D eigenvalue weighted by Gasteiger charge is 2.82. The van der Waals surface area contributed by atoms with Gasteiger partial charge >= 0.3 is 0 Å². The molecule has 6 aliphatic rings. The van der Waals surface area contributed by atoms with E-state index in [2.05, 4.69) is 33.4 Å². The van der Waals surface area contributed by atoms with Crippen molar-refractivity contribution in [3.8, 4) is 6.07 Å². The Morgan fingerprint density at radius 3 is 2.36 bits per heavy atom. The quantitative estimate of drug-likeness (QED) is 0.331. The van der Waals surface area contributed by atoms with Crippen LogP contribution < -0.4 is 0 Å². The van der Waals surface area contributed by atoms with Crippen molar-refractivity contribution in [2.75, 3.05) is 7.11 Å². The van der Waals surface area contributed by atoms with Gasteiger partial charge in [-0.1, -0.05) is 60.6 Å².